The molecule has 0 unspecified atom stereocenters. The van der Waals surface area contributed by atoms with Gasteiger partial charge in [-0.15, -0.1) is 11.3 Å². The van der Waals surface area contributed by atoms with Crippen LogP contribution in [0.5, 0.6) is 0 Å². The molecule has 1 saturated heterocycles. The quantitative estimate of drug-likeness (QED) is 0.542. The van der Waals surface area contributed by atoms with Crippen LogP contribution in [0, 0.1) is 6.92 Å². The van der Waals surface area contributed by atoms with E-state index in [0.29, 0.717) is 46.1 Å². The van der Waals surface area contributed by atoms with Gasteiger partial charge in [0.1, 0.15) is 15.5 Å². The summed E-state index contributed by atoms with van der Waals surface area (Å²) in [6.07, 6.45) is 3.79. The maximum Gasteiger partial charge on any atom is 0.349 e. The number of thiophene rings is 1. The third kappa shape index (κ3) is 4.94. The van der Waals surface area contributed by atoms with Crippen molar-refractivity contribution in [2.24, 2.45) is 0 Å². The first-order valence-corrected chi connectivity index (χ1v) is 12.8. The fourth-order valence-corrected chi connectivity index (χ4v) is 5.66. The predicted octanol–water partition coefficient (Wildman–Crippen LogP) is 3.12. The second-order valence-electron chi connectivity index (χ2n) is 8.80. The zero-order chi connectivity index (χ0) is 24.4. The molecule has 5 rings (SSSR count). The number of anilines is 2. The molecule has 184 valence electrons. The first kappa shape index (κ1) is 23.5. The van der Waals surface area contributed by atoms with E-state index >= 15 is 0 Å². The van der Waals surface area contributed by atoms with Gasteiger partial charge in [0, 0.05) is 37.4 Å². The van der Waals surface area contributed by atoms with Crippen molar-refractivity contribution >= 4 is 44.8 Å². The molecule has 1 N–H and O–H groups in total. The number of hydrogen-bond donors (Lipinski definition) is 1. The van der Waals surface area contributed by atoms with Crippen LogP contribution in [0.2, 0.25) is 0 Å². The van der Waals surface area contributed by atoms with E-state index in [1.165, 1.54) is 0 Å². The van der Waals surface area contributed by atoms with Gasteiger partial charge in [-0.05, 0) is 49.6 Å². The highest BCUT2D eigenvalue weighted by Crippen LogP contribution is 2.29. The number of nitrogens with one attached hydrogen (secondary N) is 1. The van der Waals surface area contributed by atoms with Crippen LogP contribution in [0.4, 0.5) is 11.4 Å². The zero-order valence-electron chi connectivity index (χ0n) is 19.7. The average Bonchev–Trinajstić information content (AvgIpc) is 3.03. The molecular weight excluding hydrogens is 468 g/mol. The van der Waals surface area contributed by atoms with Crippen molar-refractivity contribution < 1.29 is 19.1 Å². The smallest absolute Gasteiger partial charge is 0.349 e. The van der Waals surface area contributed by atoms with E-state index in [1.54, 1.807) is 11.5 Å². The van der Waals surface area contributed by atoms with Crippen LogP contribution < -0.4 is 15.8 Å². The monoisotopic (exact) mass is 496 g/mol. The molecule has 3 aromatic rings. The molecule has 35 heavy (non-hydrogen) atoms. The number of hydrogen-bond acceptors (Lipinski definition) is 8. The summed E-state index contributed by atoms with van der Waals surface area (Å²) in [5, 5.41) is 3.22. The van der Waals surface area contributed by atoms with Crippen molar-refractivity contribution in [2.75, 3.05) is 43.1 Å². The lowest BCUT2D eigenvalue weighted by Gasteiger charge is -2.28. The third-order valence-electron chi connectivity index (χ3n) is 6.46. The number of esters is 1. The minimum Gasteiger partial charge on any atom is -0.451 e. The Labute approximate surface area is 206 Å². The van der Waals surface area contributed by atoms with Crippen LogP contribution in [0.15, 0.2) is 29.1 Å². The third-order valence-corrected chi connectivity index (χ3v) is 7.62. The van der Waals surface area contributed by atoms with Crippen molar-refractivity contribution in [1.82, 2.24) is 9.55 Å². The van der Waals surface area contributed by atoms with Crippen molar-refractivity contribution in [3.05, 3.63) is 50.9 Å². The van der Waals surface area contributed by atoms with E-state index in [2.05, 4.69) is 15.2 Å². The van der Waals surface area contributed by atoms with E-state index in [-0.39, 0.29) is 5.56 Å². The van der Waals surface area contributed by atoms with Crippen LogP contribution in [-0.4, -0.2) is 54.3 Å². The highest BCUT2D eigenvalue weighted by Gasteiger charge is 2.23. The molecule has 1 aromatic carbocycles. The van der Waals surface area contributed by atoms with Gasteiger partial charge in [-0.3, -0.25) is 14.2 Å². The van der Waals surface area contributed by atoms with Gasteiger partial charge in [-0.2, -0.15) is 0 Å². The van der Waals surface area contributed by atoms with Gasteiger partial charge < -0.3 is 19.7 Å². The standard InChI is InChI=1S/C25H28N4O5S/c1-16-21-23(27-19-5-3-2-4-10-29(19)24(21)31)35-22(16)25(32)34-15-20(30)26-17-6-8-18(9-7-17)28-11-13-33-14-12-28/h6-9H,2-5,10-15H2,1H3,(H,26,30). The van der Waals surface area contributed by atoms with Gasteiger partial charge in [0.2, 0.25) is 0 Å². The SMILES string of the molecule is Cc1c(C(=O)OCC(=O)Nc2ccc(N3CCOCC3)cc2)sc2nc3n(c(=O)c12)CCCCC3. The Hall–Kier alpha value is -3.24. The van der Waals surface area contributed by atoms with Gasteiger partial charge in [-0.1, -0.05) is 6.42 Å². The summed E-state index contributed by atoms with van der Waals surface area (Å²) in [4.78, 5) is 46.0. The Morgan fingerprint density at radius 2 is 1.89 bits per heavy atom. The molecule has 4 heterocycles. The van der Waals surface area contributed by atoms with Crippen LogP contribution in [-0.2, 0) is 27.2 Å². The molecule has 10 heteroatoms. The van der Waals surface area contributed by atoms with Gasteiger partial charge in [0.15, 0.2) is 6.61 Å². The summed E-state index contributed by atoms with van der Waals surface area (Å²) in [6.45, 7) is 5.05. The van der Waals surface area contributed by atoms with Crippen molar-refractivity contribution in [3.63, 3.8) is 0 Å². The van der Waals surface area contributed by atoms with Crippen molar-refractivity contribution in [3.8, 4) is 0 Å². The second kappa shape index (κ2) is 10.2. The topological polar surface area (TPSA) is 103 Å². The normalized spacial score (nSPS) is 16.0. The highest BCUT2D eigenvalue weighted by atomic mass is 32.1. The maximum atomic E-state index is 13.1. The summed E-state index contributed by atoms with van der Waals surface area (Å²) in [7, 11) is 0. The van der Waals surface area contributed by atoms with Crippen molar-refractivity contribution in [1.29, 1.82) is 0 Å². The number of fused-ring (bicyclic) bond motifs is 2. The lowest BCUT2D eigenvalue weighted by atomic mass is 10.2. The Morgan fingerprint density at radius 1 is 1.11 bits per heavy atom. The Morgan fingerprint density at radius 3 is 2.66 bits per heavy atom. The maximum absolute atomic E-state index is 13.1. The number of carbonyl (C=O) groups excluding carboxylic acids is 2. The Bertz CT molecular complexity index is 1310. The molecule has 2 aromatic heterocycles. The molecule has 0 atom stereocenters. The molecule has 0 bridgehead atoms. The minimum absolute atomic E-state index is 0.0991. The molecule has 0 radical (unpaired) electrons. The van der Waals surface area contributed by atoms with E-state index in [9.17, 15) is 14.4 Å². The molecule has 0 saturated carbocycles. The molecule has 1 fully saturated rings. The highest BCUT2D eigenvalue weighted by molar-refractivity contribution is 7.20. The largest absolute Gasteiger partial charge is 0.451 e. The molecule has 0 spiro atoms. The number of carbonyl (C=O) groups is 2. The number of rotatable bonds is 5. The van der Waals surface area contributed by atoms with E-state index < -0.39 is 18.5 Å². The average molecular weight is 497 g/mol. The number of aromatic nitrogens is 2. The Kier molecular flexibility index (Phi) is 6.83. The molecule has 2 aliphatic heterocycles. The molecule has 0 aliphatic carbocycles. The summed E-state index contributed by atoms with van der Waals surface area (Å²) in [5.41, 5.74) is 2.16. The number of morpholine rings is 1. The summed E-state index contributed by atoms with van der Waals surface area (Å²) < 4.78 is 12.4. The van der Waals surface area contributed by atoms with E-state index in [4.69, 9.17) is 9.47 Å². The van der Waals surface area contributed by atoms with Crippen LogP contribution >= 0.6 is 11.3 Å². The number of ether oxygens (including phenoxy) is 2. The van der Waals surface area contributed by atoms with Crippen LogP contribution in [0.25, 0.3) is 10.2 Å². The van der Waals surface area contributed by atoms with Crippen LogP contribution in [0.1, 0.15) is 40.3 Å². The summed E-state index contributed by atoms with van der Waals surface area (Å²) in [5.74, 6) is -0.274. The van der Waals surface area contributed by atoms with E-state index in [1.807, 2.05) is 24.3 Å². The number of nitrogens with zero attached hydrogens (tertiary/aromatic N) is 3. The summed E-state index contributed by atoms with van der Waals surface area (Å²) in [6, 6.07) is 7.54. The summed E-state index contributed by atoms with van der Waals surface area (Å²) >= 11 is 1.15. The van der Waals surface area contributed by atoms with Crippen molar-refractivity contribution in [2.45, 2.75) is 39.2 Å². The Balaban J connectivity index is 1.23. The molecule has 9 nitrogen and oxygen atoms in total. The molecule has 1 amide bonds. The van der Waals surface area contributed by atoms with Gasteiger partial charge >= 0.3 is 5.97 Å². The zero-order valence-corrected chi connectivity index (χ0v) is 20.5. The van der Waals surface area contributed by atoms with Gasteiger partial charge in [0.05, 0.1) is 18.6 Å². The fraction of sp³-hybridized carbons (Fsp3) is 0.440. The lowest BCUT2D eigenvalue weighted by molar-refractivity contribution is -0.119. The molecule has 2 aliphatic rings. The van der Waals surface area contributed by atoms with Gasteiger partial charge in [0.25, 0.3) is 11.5 Å². The predicted molar refractivity (Wildman–Crippen MR) is 135 cm³/mol. The first-order valence-electron chi connectivity index (χ1n) is 11.9. The lowest BCUT2D eigenvalue weighted by Crippen LogP contribution is -2.36. The number of amides is 1. The second-order valence-corrected chi connectivity index (χ2v) is 9.80. The van der Waals surface area contributed by atoms with Gasteiger partial charge in [-0.25, -0.2) is 9.78 Å². The first-order chi connectivity index (χ1) is 17.0. The minimum atomic E-state index is -0.622. The van der Waals surface area contributed by atoms with Crippen LogP contribution in [0.3, 0.4) is 0 Å². The van der Waals surface area contributed by atoms with E-state index in [0.717, 1.165) is 61.6 Å². The number of benzene rings is 1. The number of aryl methyl sites for hydroxylation is 2. The fourth-order valence-electron chi connectivity index (χ4n) is 4.58. The molecular formula is C25H28N4O5S.